The lowest BCUT2D eigenvalue weighted by atomic mass is 10.1. The van der Waals surface area contributed by atoms with Crippen LogP contribution in [0.5, 0.6) is 0 Å². The lowest BCUT2D eigenvalue weighted by Gasteiger charge is -2.09. The van der Waals surface area contributed by atoms with E-state index in [0.29, 0.717) is 40.0 Å². The summed E-state index contributed by atoms with van der Waals surface area (Å²) in [5.74, 6) is 0.298. The van der Waals surface area contributed by atoms with Gasteiger partial charge in [0.1, 0.15) is 5.76 Å². The van der Waals surface area contributed by atoms with E-state index in [4.69, 9.17) is 27.6 Å². The Labute approximate surface area is 172 Å². The Morgan fingerprint density at radius 2 is 1.79 bits per heavy atom. The monoisotopic (exact) mass is 416 g/mol. The first-order valence-electron chi connectivity index (χ1n) is 8.61. The van der Waals surface area contributed by atoms with Gasteiger partial charge in [-0.25, -0.2) is 0 Å². The summed E-state index contributed by atoms with van der Waals surface area (Å²) in [6, 6.07) is 15.7. The second-order valence-corrected chi connectivity index (χ2v) is 7.00. The van der Waals surface area contributed by atoms with E-state index < -0.39 is 0 Å². The fourth-order valence-corrected chi connectivity index (χ4v) is 3.08. The largest absolute Gasteiger partial charge is 0.467 e. The van der Waals surface area contributed by atoms with Crippen LogP contribution in [-0.2, 0) is 24.3 Å². The molecule has 1 heterocycles. The fraction of sp³-hybridized carbons (Fsp3) is 0.143. The SMILES string of the molecule is O=C(Cc1ccc(Cl)cc1Cl)NCc1cccc(C(=O)NCc2ccco2)c1. The Kier molecular flexibility index (Phi) is 6.74. The van der Waals surface area contributed by atoms with Crippen LogP contribution in [0.3, 0.4) is 0 Å². The van der Waals surface area contributed by atoms with Gasteiger partial charge in [0.2, 0.25) is 5.91 Å². The highest BCUT2D eigenvalue weighted by atomic mass is 35.5. The Morgan fingerprint density at radius 3 is 2.54 bits per heavy atom. The zero-order valence-corrected chi connectivity index (χ0v) is 16.4. The smallest absolute Gasteiger partial charge is 0.251 e. The quantitative estimate of drug-likeness (QED) is 0.600. The lowest BCUT2D eigenvalue weighted by molar-refractivity contribution is -0.120. The van der Waals surface area contributed by atoms with Crippen molar-refractivity contribution in [2.75, 3.05) is 0 Å². The summed E-state index contributed by atoms with van der Waals surface area (Å²) in [5.41, 5.74) is 2.04. The highest BCUT2D eigenvalue weighted by molar-refractivity contribution is 6.35. The molecule has 7 heteroatoms. The molecular formula is C21H18Cl2N2O3. The molecule has 1 aromatic heterocycles. The second-order valence-electron chi connectivity index (χ2n) is 6.15. The van der Waals surface area contributed by atoms with Gasteiger partial charge in [-0.2, -0.15) is 0 Å². The predicted molar refractivity (Wildman–Crippen MR) is 108 cm³/mol. The number of amides is 2. The molecule has 2 N–H and O–H groups in total. The summed E-state index contributed by atoms with van der Waals surface area (Å²) in [6.45, 7) is 0.623. The molecule has 0 spiro atoms. The Morgan fingerprint density at radius 1 is 0.929 bits per heavy atom. The standard InChI is InChI=1S/C21H18Cl2N2O3/c22-17-7-6-15(19(23)11-17)10-20(26)24-12-14-3-1-4-16(9-14)21(27)25-13-18-5-2-8-28-18/h1-9,11H,10,12-13H2,(H,24,26)(H,25,27). The van der Waals surface area contributed by atoms with Gasteiger partial charge in [0.25, 0.3) is 5.91 Å². The number of rotatable bonds is 7. The number of hydrogen-bond donors (Lipinski definition) is 2. The molecule has 0 bridgehead atoms. The molecule has 0 aliphatic carbocycles. The van der Waals surface area contributed by atoms with Gasteiger partial charge in [0.15, 0.2) is 0 Å². The number of nitrogens with one attached hydrogen (secondary N) is 2. The molecule has 3 rings (SSSR count). The maximum Gasteiger partial charge on any atom is 0.251 e. The number of halogens is 2. The topological polar surface area (TPSA) is 71.3 Å². The highest BCUT2D eigenvalue weighted by Gasteiger charge is 2.10. The summed E-state index contributed by atoms with van der Waals surface area (Å²) in [6.07, 6.45) is 1.71. The summed E-state index contributed by atoms with van der Waals surface area (Å²) >= 11 is 12.0. The molecule has 28 heavy (non-hydrogen) atoms. The lowest BCUT2D eigenvalue weighted by Crippen LogP contribution is -2.25. The molecule has 144 valence electrons. The highest BCUT2D eigenvalue weighted by Crippen LogP contribution is 2.21. The molecule has 0 saturated heterocycles. The molecule has 2 amide bonds. The van der Waals surface area contributed by atoms with Crippen LogP contribution in [0.1, 0.15) is 27.2 Å². The average Bonchev–Trinajstić information content (AvgIpc) is 3.20. The van der Waals surface area contributed by atoms with Crippen molar-refractivity contribution in [1.29, 1.82) is 0 Å². The number of hydrogen-bond acceptors (Lipinski definition) is 3. The van der Waals surface area contributed by atoms with Gasteiger partial charge in [-0.1, -0.05) is 41.4 Å². The van der Waals surface area contributed by atoms with Gasteiger partial charge in [0, 0.05) is 22.2 Å². The average molecular weight is 417 g/mol. The third-order valence-corrected chi connectivity index (χ3v) is 4.64. The first-order valence-corrected chi connectivity index (χ1v) is 9.37. The normalized spacial score (nSPS) is 10.5. The minimum atomic E-state index is -0.211. The van der Waals surface area contributed by atoms with Crippen molar-refractivity contribution < 1.29 is 14.0 Å². The molecule has 5 nitrogen and oxygen atoms in total. The first kappa shape index (κ1) is 20.0. The van der Waals surface area contributed by atoms with Crippen LogP contribution in [0, 0.1) is 0 Å². The van der Waals surface area contributed by atoms with Crippen LogP contribution in [0.15, 0.2) is 65.3 Å². The van der Waals surface area contributed by atoms with Crippen molar-refractivity contribution in [2.24, 2.45) is 0 Å². The zero-order valence-electron chi connectivity index (χ0n) is 14.9. The molecule has 0 aliphatic heterocycles. The number of furan rings is 1. The van der Waals surface area contributed by atoms with E-state index >= 15 is 0 Å². The van der Waals surface area contributed by atoms with E-state index in [1.165, 1.54) is 0 Å². The van der Waals surface area contributed by atoms with Crippen LogP contribution < -0.4 is 10.6 Å². The van der Waals surface area contributed by atoms with Gasteiger partial charge >= 0.3 is 0 Å². The Hall–Kier alpha value is -2.76. The van der Waals surface area contributed by atoms with Gasteiger partial charge in [-0.05, 0) is 47.5 Å². The first-order chi connectivity index (χ1) is 13.5. The molecule has 2 aromatic carbocycles. The molecule has 0 radical (unpaired) electrons. The minimum absolute atomic E-state index is 0.152. The van der Waals surface area contributed by atoms with E-state index in [0.717, 1.165) is 5.56 Å². The van der Waals surface area contributed by atoms with E-state index in [1.54, 1.807) is 54.8 Å². The van der Waals surface area contributed by atoms with Crippen molar-refractivity contribution in [1.82, 2.24) is 10.6 Å². The molecule has 3 aromatic rings. The number of benzene rings is 2. The zero-order chi connectivity index (χ0) is 19.9. The van der Waals surface area contributed by atoms with Crippen LogP contribution in [0.25, 0.3) is 0 Å². The minimum Gasteiger partial charge on any atom is -0.467 e. The number of carbonyl (C=O) groups excluding carboxylic acids is 2. The van der Waals surface area contributed by atoms with E-state index in [1.807, 2.05) is 6.07 Å². The van der Waals surface area contributed by atoms with Crippen molar-refractivity contribution in [3.8, 4) is 0 Å². The molecule has 0 atom stereocenters. The maximum atomic E-state index is 12.3. The molecule has 0 aliphatic rings. The molecule has 0 fully saturated rings. The summed E-state index contributed by atoms with van der Waals surface area (Å²) < 4.78 is 5.19. The van der Waals surface area contributed by atoms with Crippen molar-refractivity contribution in [3.05, 3.63) is 93.4 Å². The second kappa shape index (κ2) is 9.44. The molecule has 0 saturated carbocycles. The van der Waals surface area contributed by atoms with Crippen molar-refractivity contribution >= 4 is 35.0 Å². The predicted octanol–water partition coefficient (Wildman–Crippen LogP) is 4.38. The van der Waals surface area contributed by atoms with Crippen LogP contribution in [-0.4, -0.2) is 11.8 Å². The van der Waals surface area contributed by atoms with Crippen molar-refractivity contribution in [3.63, 3.8) is 0 Å². The third kappa shape index (κ3) is 5.62. The van der Waals surface area contributed by atoms with Gasteiger partial charge in [-0.3, -0.25) is 9.59 Å². The van der Waals surface area contributed by atoms with Crippen LogP contribution in [0.4, 0.5) is 0 Å². The molecule has 0 unspecified atom stereocenters. The van der Waals surface area contributed by atoms with Crippen LogP contribution in [0.2, 0.25) is 10.0 Å². The Bertz CT molecular complexity index is 972. The van der Waals surface area contributed by atoms with Gasteiger partial charge in [-0.15, -0.1) is 0 Å². The van der Waals surface area contributed by atoms with Gasteiger partial charge in [0.05, 0.1) is 19.2 Å². The molecular weight excluding hydrogens is 399 g/mol. The van der Waals surface area contributed by atoms with Crippen molar-refractivity contribution in [2.45, 2.75) is 19.5 Å². The summed E-state index contributed by atoms with van der Waals surface area (Å²) in [7, 11) is 0. The summed E-state index contributed by atoms with van der Waals surface area (Å²) in [5, 5.41) is 6.60. The van der Waals surface area contributed by atoms with E-state index in [2.05, 4.69) is 10.6 Å². The number of carbonyl (C=O) groups is 2. The maximum absolute atomic E-state index is 12.3. The summed E-state index contributed by atoms with van der Waals surface area (Å²) in [4.78, 5) is 24.5. The van der Waals surface area contributed by atoms with E-state index in [9.17, 15) is 9.59 Å². The van der Waals surface area contributed by atoms with Crippen LogP contribution >= 0.6 is 23.2 Å². The Balaban J connectivity index is 1.53. The third-order valence-electron chi connectivity index (χ3n) is 4.05. The fourth-order valence-electron chi connectivity index (χ4n) is 2.61. The van der Waals surface area contributed by atoms with E-state index in [-0.39, 0.29) is 18.2 Å². The van der Waals surface area contributed by atoms with Gasteiger partial charge < -0.3 is 15.1 Å².